The molecular formula is C10H9NOS2. The van der Waals surface area contributed by atoms with E-state index in [4.69, 9.17) is 0 Å². The Morgan fingerprint density at radius 1 is 1.29 bits per heavy atom. The molecule has 1 heterocycles. The van der Waals surface area contributed by atoms with Gasteiger partial charge in [0, 0.05) is 11.2 Å². The molecule has 0 saturated heterocycles. The van der Waals surface area contributed by atoms with Gasteiger partial charge in [0.25, 0.3) is 0 Å². The van der Waals surface area contributed by atoms with Crippen molar-refractivity contribution < 1.29 is 4.55 Å². The van der Waals surface area contributed by atoms with Crippen LogP contribution in [0.3, 0.4) is 0 Å². The lowest BCUT2D eigenvalue weighted by atomic mass is 10.2. The third-order valence-electron chi connectivity index (χ3n) is 1.79. The predicted octanol–water partition coefficient (Wildman–Crippen LogP) is 2.55. The molecule has 1 aromatic heterocycles. The van der Waals surface area contributed by atoms with Crippen LogP contribution in [0.5, 0.6) is 0 Å². The molecule has 2 nitrogen and oxygen atoms in total. The first kappa shape index (κ1) is 9.71. The molecule has 0 saturated carbocycles. The van der Waals surface area contributed by atoms with Gasteiger partial charge in [-0.1, -0.05) is 41.7 Å². The van der Waals surface area contributed by atoms with E-state index in [-0.39, 0.29) is 0 Å². The summed E-state index contributed by atoms with van der Waals surface area (Å²) in [6.45, 7) is 0. The minimum Gasteiger partial charge on any atom is -0.610 e. The van der Waals surface area contributed by atoms with E-state index in [2.05, 4.69) is 4.98 Å². The third-order valence-corrected chi connectivity index (χ3v) is 4.18. The SMILES string of the molecule is C[S+]([O-])c1ncc(-c2ccccc2)s1. The standard InChI is InChI=1S/C10H9NOS2/c1-14(12)10-11-7-9(13-10)8-5-3-2-4-6-8/h2-7H,1H3. The zero-order valence-electron chi connectivity index (χ0n) is 7.64. The Morgan fingerprint density at radius 2 is 2.00 bits per heavy atom. The monoisotopic (exact) mass is 223 g/mol. The van der Waals surface area contributed by atoms with E-state index >= 15 is 0 Å². The molecular weight excluding hydrogens is 214 g/mol. The summed E-state index contributed by atoms with van der Waals surface area (Å²) in [5.74, 6) is 0. The predicted molar refractivity (Wildman–Crippen MR) is 59.9 cm³/mol. The van der Waals surface area contributed by atoms with Gasteiger partial charge in [0.05, 0.1) is 11.1 Å². The van der Waals surface area contributed by atoms with Crippen molar-refractivity contribution in [3.8, 4) is 10.4 Å². The van der Waals surface area contributed by atoms with E-state index in [0.717, 1.165) is 10.4 Å². The topological polar surface area (TPSA) is 36.0 Å². The van der Waals surface area contributed by atoms with E-state index in [1.165, 1.54) is 11.3 Å². The number of benzene rings is 1. The molecule has 0 amide bonds. The van der Waals surface area contributed by atoms with Crippen molar-refractivity contribution in [2.24, 2.45) is 0 Å². The average molecular weight is 223 g/mol. The minimum atomic E-state index is -0.974. The fraction of sp³-hybridized carbons (Fsp3) is 0.100. The van der Waals surface area contributed by atoms with Crippen LogP contribution in [-0.2, 0) is 11.2 Å². The van der Waals surface area contributed by atoms with Gasteiger partial charge < -0.3 is 4.55 Å². The van der Waals surface area contributed by atoms with E-state index in [1.54, 1.807) is 12.5 Å². The van der Waals surface area contributed by atoms with Gasteiger partial charge in [0.2, 0.25) is 0 Å². The molecule has 0 spiro atoms. The summed E-state index contributed by atoms with van der Waals surface area (Å²) in [7, 11) is 0. The first-order chi connectivity index (χ1) is 6.77. The number of hydrogen-bond acceptors (Lipinski definition) is 3. The van der Waals surface area contributed by atoms with Crippen molar-refractivity contribution in [3.05, 3.63) is 36.5 Å². The maximum atomic E-state index is 11.1. The van der Waals surface area contributed by atoms with E-state index in [0.29, 0.717) is 4.34 Å². The Bertz CT molecular complexity index is 411. The molecule has 0 bridgehead atoms. The molecule has 1 unspecified atom stereocenters. The van der Waals surface area contributed by atoms with Gasteiger partial charge in [-0.3, -0.25) is 0 Å². The molecule has 1 aromatic carbocycles. The fourth-order valence-electron chi connectivity index (χ4n) is 1.13. The Balaban J connectivity index is 2.34. The number of rotatable bonds is 2. The van der Waals surface area contributed by atoms with Gasteiger partial charge in [-0.25, -0.2) is 0 Å². The molecule has 1 atom stereocenters. The van der Waals surface area contributed by atoms with Crippen molar-refractivity contribution in [3.63, 3.8) is 0 Å². The van der Waals surface area contributed by atoms with Gasteiger partial charge in [-0.15, -0.1) is 0 Å². The van der Waals surface area contributed by atoms with Crippen LogP contribution in [0.4, 0.5) is 0 Å². The van der Waals surface area contributed by atoms with Crippen LogP contribution in [0.15, 0.2) is 40.9 Å². The van der Waals surface area contributed by atoms with Gasteiger partial charge in [-0.2, -0.15) is 4.98 Å². The van der Waals surface area contributed by atoms with Gasteiger partial charge >= 0.3 is 4.34 Å². The smallest absolute Gasteiger partial charge is 0.301 e. The first-order valence-electron chi connectivity index (χ1n) is 4.12. The second-order valence-corrected chi connectivity index (χ2v) is 5.39. The highest BCUT2D eigenvalue weighted by Gasteiger charge is 2.11. The summed E-state index contributed by atoms with van der Waals surface area (Å²) in [6, 6.07) is 9.99. The van der Waals surface area contributed by atoms with Crippen molar-refractivity contribution >= 4 is 22.5 Å². The van der Waals surface area contributed by atoms with Crippen LogP contribution in [0.25, 0.3) is 10.4 Å². The van der Waals surface area contributed by atoms with Crippen LogP contribution in [0.2, 0.25) is 0 Å². The Hall–Kier alpha value is -0.840. The van der Waals surface area contributed by atoms with E-state index < -0.39 is 11.2 Å². The maximum Gasteiger partial charge on any atom is 0.301 e. The largest absolute Gasteiger partial charge is 0.610 e. The summed E-state index contributed by atoms with van der Waals surface area (Å²) in [5, 5.41) is 0. The lowest BCUT2D eigenvalue weighted by Crippen LogP contribution is -1.94. The van der Waals surface area contributed by atoms with Crippen LogP contribution in [0, 0.1) is 0 Å². The highest BCUT2D eigenvalue weighted by atomic mass is 32.2. The molecule has 72 valence electrons. The zero-order chi connectivity index (χ0) is 9.97. The molecule has 0 aliphatic heterocycles. The number of aromatic nitrogens is 1. The summed E-state index contributed by atoms with van der Waals surface area (Å²) in [4.78, 5) is 5.18. The molecule has 0 radical (unpaired) electrons. The molecule has 14 heavy (non-hydrogen) atoms. The lowest BCUT2D eigenvalue weighted by Gasteiger charge is -1.96. The lowest BCUT2D eigenvalue weighted by molar-refractivity contribution is 0.600. The molecule has 0 aliphatic rings. The Labute approximate surface area is 89.8 Å². The van der Waals surface area contributed by atoms with Crippen molar-refractivity contribution in [2.75, 3.05) is 6.26 Å². The zero-order valence-corrected chi connectivity index (χ0v) is 9.27. The summed E-state index contributed by atoms with van der Waals surface area (Å²) in [5.41, 5.74) is 1.13. The average Bonchev–Trinajstić information content (AvgIpc) is 2.68. The fourth-order valence-corrected chi connectivity index (χ4v) is 2.72. The van der Waals surface area contributed by atoms with Crippen LogP contribution < -0.4 is 0 Å². The highest BCUT2D eigenvalue weighted by molar-refractivity contribution is 7.92. The molecule has 0 N–H and O–H groups in total. The number of thiazole rings is 1. The van der Waals surface area contributed by atoms with E-state index in [9.17, 15) is 4.55 Å². The number of nitrogens with zero attached hydrogens (tertiary/aromatic N) is 1. The number of hydrogen-bond donors (Lipinski definition) is 0. The molecule has 4 heteroatoms. The second kappa shape index (κ2) is 4.13. The highest BCUT2D eigenvalue weighted by Crippen LogP contribution is 2.27. The van der Waals surface area contributed by atoms with Crippen molar-refractivity contribution in [1.82, 2.24) is 4.98 Å². The van der Waals surface area contributed by atoms with Crippen molar-refractivity contribution in [1.29, 1.82) is 0 Å². The molecule has 2 aromatic rings. The molecule has 0 aliphatic carbocycles. The van der Waals surface area contributed by atoms with E-state index in [1.807, 2.05) is 30.3 Å². The minimum absolute atomic E-state index is 0.684. The van der Waals surface area contributed by atoms with Gasteiger partial charge in [-0.05, 0) is 5.56 Å². The summed E-state index contributed by atoms with van der Waals surface area (Å²) < 4.78 is 11.8. The normalized spacial score (nSPS) is 12.7. The first-order valence-corrected chi connectivity index (χ1v) is 6.49. The summed E-state index contributed by atoms with van der Waals surface area (Å²) in [6.07, 6.45) is 3.42. The van der Waals surface area contributed by atoms with Crippen LogP contribution >= 0.6 is 11.3 Å². The third kappa shape index (κ3) is 1.97. The Kier molecular flexibility index (Phi) is 2.86. The quantitative estimate of drug-likeness (QED) is 0.733. The Morgan fingerprint density at radius 3 is 2.57 bits per heavy atom. The van der Waals surface area contributed by atoms with Gasteiger partial charge in [0.1, 0.15) is 6.26 Å². The molecule has 0 fully saturated rings. The second-order valence-electron chi connectivity index (χ2n) is 2.81. The summed E-state index contributed by atoms with van der Waals surface area (Å²) >= 11 is 0.508. The van der Waals surface area contributed by atoms with Crippen LogP contribution in [0.1, 0.15) is 0 Å². The maximum absolute atomic E-state index is 11.1. The van der Waals surface area contributed by atoms with Crippen molar-refractivity contribution in [2.45, 2.75) is 4.34 Å². The van der Waals surface area contributed by atoms with Crippen LogP contribution in [-0.4, -0.2) is 15.8 Å². The molecule has 2 rings (SSSR count). The van der Waals surface area contributed by atoms with Gasteiger partial charge in [0.15, 0.2) is 0 Å².